The molecule has 4 aromatic rings. The summed E-state index contributed by atoms with van der Waals surface area (Å²) < 4.78 is 10.2. The summed E-state index contributed by atoms with van der Waals surface area (Å²) in [5.74, 6) is 2.93. The van der Waals surface area contributed by atoms with E-state index in [1.165, 1.54) is 11.1 Å². The lowest BCUT2D eigenvalue weighted by molar-refractivity contribution is 0.284. The molecular formula is C24H29N5OS. The number of benzene rings is 1. The number of hydrogen-bond donors (Lipinski definition) is 0. The van der Waals surface area contributed by atoms with Gasteiger partial charge in [-0.25, -0.2) is 4.98 Å². The quantitative estimate of drug-likeness (QED) is 0.333. The van der Waals surface area contributed by atoms with Crippen LogP contribution in [-0.2, 0) is 25.3 Å². The maximum absolute atomic E-state index is 5.99. The van der Waals surface area contributed by atoms with Crippen molar-refractivity contribution in [2.24, 2.45) is 5.92 Å². The molecule has 4 rings (SSSR count). The predicted octanol–water partition coefficient (Wildman–Crippen LogP) is 5.32. The monoisotopic (exact) mass is 435 g/mol. The van der Waals surface area contributed by atoms with Crippen LogP contribution < -0.4 is 4.74 Å². The molecule has 0 amide bonds. The lowest BCUT2D eigenvalue weighted by Gasteiger charge is -2.13. The van der Waals surface area contributed by atoms with Gasteiger partial charge in [-0.3, -0.25) is 0 Å². The van der Waals surface area contributed by atoms with E-state index in [0.717, 1.165) is 46.8 Å². The van der Waals surface area contributed by atoms with Gasteiger partial charge in [-0.05, 0) is 48.6 Å². The second kappa shape index (κ2) is 9.56. The lowest BCUT2D eigenvalue weighted by atomic mass is 10.2. The molecular weight excluding hydrogens is 406 g/mol. The molecule has 0 aliphatic heterocycles. The van der Waals surface area contributed by atoms with Gasteiger partial charge < -0.3 is 13.7 Å². The van der Waals surface area contributed by atoms with E-state index in [2.05, 4.69) is 71.3 Å². The van der Waals surface area contributed by atoms with Crippen LogP contribution in [0.4, 0.5) is 0 Å². The molecule has 0 radical (unpaired) electrons. The van der Waals surface area contributed by atoms with Crippen molar-refractivity contribution in [1.29, 1.82) is 0 Å². The normalized spacial score (nSPS) is 11.5. The zero-order chi connectivity index (χ0) is 21.8. The van der Waals surface area contributed by atoms with Gasteiger partial charge in [0.2, 0.25) is 0 Å². The highest BCUT2D eigenvalue weighted by Crippen LogP contribution is 2.24. The Bertz CT molecular complexity index is 1150. The van der Waals surface area contributed by atoms with E-state index >= 15 is 0 Å². The first kappa shape index (κ1) is 21.4. The van der Waals surface area contributed by atoms with Gasteiger partial charge in [0.05, 0.1) is 5.69 Å². The van der Waals surface area contributed by atoms with Crippen LogP contribution in [0.5, 0.6) is 5.75 Å². The molecule has 0 saturated heterocycles. The molecule has 0 fully saturated rings. The first-order chi connectivity index (χ1) is 15.0. The largest absolute Gasteiger partial charge is 0.486 e. The molecule has 31 heavy (non-hydrogen) atoms. The molecule has 0 aliphatic carbocycles. The lowest BCUT2D eigenvalue weighted by Crippen LogP contribution is -2.12. The summed E-state index contributed by atoms with van der Waals surface area (Å²) in [5, 5.41) is 9.79. The summed E-state index contributed by atoms with van der Waals surface area (Å²) in [6, 6.07) is 12.4. The molecule has 0 unspecified atom stereocenters. The van der Waals surface area contributed by atoms with E-state index in [1.54, 1.807) is 11.8 Å². The van der Waals surface area contributed by atoms with Gasteiger partial charge in [-0.15, -0.1) is 10.2 Å². The average Bonchev–Trinajstić information content (AvgIpc) is 3.35. The van der Waals surface area contributed by atoms with Crippen LogP contribution in [-0.4, -0.2) is 24.1 Å². The number of aryl methyl sites for hydroxylation is 2. The number of rotatable bonds is 9. The second-order valence-electron chi connectivity index (χ2n) is 8.13. The van der Waals surface area contributed by atoms with Gasteiger partial charge in [-0.2, -0.15) is 0 Å². The van der Waals surface area contributed by atoms with Crippen LogP contribution in [0, 0.1) is 12.8 Å². The molecule has 0 aliphatic rings. The van der Waals surface area contributed by atoms with Gasteiger partial charge in [0, 0.05) is 24.7 Å². The number of ether oxygens (including phenoxy) is 1. The number of pyridine rings is 1. The molecule has 0 saturated carbocycles. The topological polar surface area (TPSA) is 57.2 Å². The van der Waals surface area contributed by atoms with E-state index in [0.29, 0.717) is 12.5 Å². The Morgan fingerprint density at radius 2 is 1.90 bits per heavy atom. The Hall–Kier alpha value is -2.80. The zero-order valence-corrected chi connectivity index (χ0v) is 19.4. The summed E-state index contributed by atoms with van der Waals surface area (Å²) in [4.78, 5) is 4.77. The fourth-order valence-corrected chi connectivity index (χ4v) is 4.31. The first-order valence-corrected chi connectivity index (χ1v) is 11.7. The molecule has 6 nitrogen and oxygen atoms in total. The van der Waals surface area contributed by atoms with Crippen LogP contribution in [0.15, 0.2) is 53.9 Å². The SMILES string of the molecule is CCc1ccc(OCc2nnc(SCc3cn4cccc(C)c4n3)n2CC(C)C)cc1. The first-order valence-electron chi connectivity index (χ1n) is 10.7. The molecule has 3 aromatic heterocycles. The fraction of sp³-hybridized carbons (Fsp3) is 0.375. The molecule has 1 aromatic carbocycles. The average molecular weight is 436 g/mol. The highest BCUT2D eigenvalue weighted by Gasteiger charge is 2.15. The molecule has 7 heteroatoms. The maximum atomic E-state index is 5.99. The molecule has 162 valence electrons. The third kappa shape index (κ3) is 5.10. The summed E-state index contributed by atoms with van der Waals surface area (Å²) in [5.41, 5.74) is 4.52. The van der Waals surface area contributed by atoms with Gasteiger partial charge in [0.15, 0.2) is 11.0 Å². The van der Waals surface area contributed by atoms with E-state index in [1.807, 2.05) is 24.4 Å². The Kier molecular flexibility index (Phi) is 6.61. The number of imidazole rings is 1. The minimum absolute atomic E-state index is 0.402. The molecule has 0 spiro atoms. The summed E-state index contributed by atoms with van der Waals surface area (Å²) in [7, 11) is 0. The number of thioether (sulfide) groups is 1. The predicted molar refractivity (Wildman–Crippen MR) is 125 cm³/mol. The summed E-state index contributed by atoms with van der Waals surface area (Å²) in [6.07, 6.45) is 5.14. The van der Waals surface area contributed by atoms with Crippen LogP contribution in [0.2, 0.25) is 0 Å². The van der Waals surface area contributed by atoms with Crippen LogP contribution >= 0.6 is 11.8 Å². The number of hydrogen-bond acceptors (Lipinski definition) is 5. The Balaban J connectivity index is 1.47. The van der Waals surface area contributed by atoms with Gasteiger partial charge in [0.1, 0.15) is 18.0 Å². The Morgan fingerprint density at radius 1 is 1.10 bits per heavy atom. The standard InChI is InChI=1S/C24H29N5OS/c1-5-19-8-10-21(11-9-19)30-15-22-26-27-24(29(22)13-17(2)3)31-16-20-14-28-12-6-7-18(4)23(28)25-20/h6-12,14,17H,5,13,15-16H2,1-4H3. The molecule has 0 bridgehead atoms. The smallest absolute Gasteiger partial charge is 0.191 e. The van der Waals surface area contributed by atoms with Crippen molar-refractivity contribution in [2.75, 3.05) is 0 Å². The minimum Gasteiger partial charge on any atom is -0.486 e. The van der Waals surface area contributed by atoms with Crippen LogP contribution in [0.3, 0.4) is 0 Å². The Labute approximate surface area is 187 Å². The van der Waals surface area contributed by atoms with Crippen molar-refractivity contribution in [3.05, 3.63) is 71.4 Å². The van der Waals surface area contributed by atoms with E-state index < -0.39 is 0 Å². The van der Waals surface area contributed by atoms with E-state index in [9.17, 15) is 0 Å². The van der Waals surface area contributed by atoms with Crippen LogP contribution in [0.25, 0.3) is 5.65 Å². The number of nitrogens with zero attached hydrogens (tertiary/aromatic N) is 5. The summed E-state index contributed by atoms with van der Waals surface area (Å²) >= 11 is 1.67. The van der Waals surface area contributed by atoms with Gasteiger partial charge in [0.25, 0.3) is 0 Å². The van der Waals surface area contributed by atoms with Crippen molar-refractivity contribution in [2.45, 2.75) is 58.2 Å². The molecule has 0 atom stereocenters. The van der Waals surface area contributed by atoms with Crippen molar-refractivity contribution in [3.63, 3.8) is 0 Å². The zero-order valence-electron chi connectivity index (χ0n) is 18.6. The fourth-order valence-electron chi connectivity index (χ4n) is 3.46. The van der Waals surface area contributed by atoms with Crippen molar-refractivity contribution in [3.8, 4) is 5.75 Å². The van der Waals surface area contributed by atoms with Crippen molar-refractivity contribution < 1.29 is 4.74 Å². The van der Waals surface area contributed by atoms with Gasteiger partial charge >= 0.3 is 0 Å². The highest BCUT2D eigenvalue weighted by molar-refractivity contribution is 7.98. The van der Waals surface area contributed by atoms with Crippen molar-refractivity contribution in [1.82, 2.24) is 24.1 Å². The molecule has 0 N–H and O–H groups in total. The Morgan fingerprint density at radius 3 is 2.61 bits per heavy atom. The third-order valence-electron chi connectivity index (χ3n) is 5.12. The number of aromatic nitrogens is 5. The van der Waals surface area contributed by atoms with E-state index in [4.69, 9.17) is 9.72 Å². The maximum Gasteiger partial charge on any atom is 0.191 e. The third-order valence-corrected chi connectivity index (χ3v) is 6.12. The highest BCUT2D eigenvalue weighted by atomic mass is 32.2. The van der Waals surface area contributed by atoms with Crippen LogP contribution in [0.1, 0.15) is 43.4 Å². The minimum atomic E-state index is 0.402. The second-order valence-corrected chi connectivity index (χ2v) is 9.07. The summed E-state index contributed by atoms with van der Waals surface area (Å²) in [6.45, 7) is 9.89. The van der Waals surface area contributed by atoms with Gasteiger partial charge in [-0.1, -0.05) is 50.7 Å². The number of fused-ring (bicyclic) bond motifs is 1. The van der Waals surface area contributed by atoms with E-state index in [-0.39, 0.29) is 0 Å². The molecule has 3 heterocycles. The van der Waals surface area contributed by atoms with Crippen molar-refractivity contribution >= 4 is 17.4 Å².